The number of nitriles is 1. The van der Waals surface area contributed by atoms with Crippen LogP contribution in [0.2, 0.25) is 0 Å². The number of aryl methyl sites for hydroxylation is 1. The van der Waals surface area contributed by atoms with Crippen molar-refractivity contribution in [2.45, 2.75) is 38.5 Å². The fourth-order valence-electron chi connectivity index (χ4n) is 4.42. The summed E-state index contributed by atoms with van der Waals surface area (Å²) >= 11 is 0. The maximum absolute atomic E-state index is 13.3. The van der Waals surface area contributed by atoms with Crippen molar-refractivity contribution >= 4 is 28.6 Å². The molecule has 0 spiro atoms. The van der Waals surface area contributed by atoms with E-state index in [0.717, 1.165) is 47.2 Å². The first-order valence-corrected chi connectivity index (χ1v) is 11.8. The van der Waals surface area contributed by atoms with Gasteiger partial charge in [-0.15, -0.1) is 0 Å². The first-order valence-electron chi connectivity index (χ1n) is 11.8. The zero-order valence-electron chi connectivity index (χ0n) is 20.0. The Morgan fingerprint density at radius 3 is 2.71 bits per heavy atom. The minimum Gasteiger partial charge on any atom is -0.378 e. The largest absolute Gasteiger partial charge is 0.378 e. The van der Waals surface area contributed by atoms with E-state index >= 15 is 0 Å². The molecule has 3 aromatic rings. The molecule has 2 aromatic carbocycles. The zero-order valence-corrected chi connectivity index (χ0v) is 20.0. The van der Waals surface area contributed by atoms with Crippen LogP contribution in [0.5, 0.6) is 0 Å². The fraction of sp³-hybridized carbons (Fsp3) is 0.357. The minimum atomic E-state index is -0.0268. The lowest BCUT2D eigenvalue weighted by molar-refractivity contribution is -0.128. The molecule has 1 fully saturated rings. The van der Waals surface area contributed by atoms with Crippen LogP contribution < -0.4 is 4.90 Å². The normalized spacial score (nSPS) is 15.6. The average Bonchev–Trinajstić information content (AvgIpc) is 3.49. The summed E-state index contributed by atoms with van der Waals surface area (Å²) in [7, 11) is 4.04. The summed E-state index contributed by atoms with van der Waals surface area (Å²) < 4.78 is 7.91. The quantitative estimate of drug-likeness (QED) is 0.432. The van der Waals surface area contributed by atoms with Crippen LogP contribution in [0.4, 0.5) is 5.69 Å². The number of rotatable bonds is 9. The summed E-state index contributed by atoms with van der Waals surface area (Å²) in [4.78, 5) is 17.3. The van der Waals surface area contributed by atoms with Crippen molar-refractivity contribution in [2.75, 3.05) is 32.1 Å². The number of anilines is 1. The number of para-hydroxylation sites is 1. The van der Waals surface area contributed by atoms with E-state index in [1.807, 2.05) is 49.5 Å². The number of fused-ring (bicyclic) bond motifs is 1. The molecule has 0 N–H and O–H groups in total. The Kier molecular flexibility index (Phi) is 7.66. The van der Waals surface area contributed by atoms with Crippen LogP contribution in [0.15, 0.2) is 60.8 Å². The van der Waals surface area contributed by atoms with Crippen LogP contribution in [0.3, 0.4) is 0 Å². The molecule has 0 aliphatic carbocycles. The first-order chi connectivity index (χ1) is 16.5. The number of benzene rings is 2. The van der Waals surface area contributed by atoms with E-state index < -0.39 is 0 Å². The van der Waals surface area contributed by atoms with Gasteiger partial charge >= 0.3 is 0 Å². The molecule has 2 heterocycles. The van der Waals surface area contributed by atoms with Gasteiger partial charge in [-0.1, -0.05) is 30.3 Å². The average molecular weight is 457 g/mol. The molecule has 1 atom stereocenters. The smallest absolute Gasteiger partial charge is 0.246 e. The Bertz CT molecular complexity index is 1180. The standard InChI is InChI=1S/C28H32N4O2/c1-30(2)24-13-10-22(11-14-24)19-32(21-25-7-5-18-34-25)28(33)15-12-23-20-31(17-6-16-29)27-9-4-3-8-26(23)27/h3-4,8-15,20,25H,5-7,17-19,21H2,1-2H3/b15-12+. The molecule has 4 rings (SSSR count). The highest BCUT2D eigenvalue weighted by Gasteiger charge is 2.22. The lowest BCUT2D eigenvalue weighted by Crippen LogP contribution is -2.35. The van der Waals surface area contributed by atoms with Crippen LogP contribution in [-0.2, 0) is 22.6 Å². The molecular weight excluding hydrogens is 424 g/mol. The van der Waals surface area contributed by atoms with Gasteiger partial charge in [0.05, 0.1) is 18.6 Å². The molecule has 34 heavy (non-hydrogen) atoms. The summed E-state index contributed by atoms with van der Waals surface area (Å²) in [6.07, 6.45) is 8.15. The predicted molar refractivity (Wildman–Crippen MR) is 136 cm³/mol. The molecule has 176 valence electrons. The van der Waals surface area contributed by atoms with Crippen LogP contribution in [0, 0.1) is 11.3 Å². The second-order valence-electron chi connectivity index (χ2n) is 8.95. The molecule has 1 aliphatic heterocycles. The molecular formula is C28H32N4O2. The van der Waals surface area contributed by atoms with Crippen molar-refractivity contribution in [3.8, 4) is 6.07 Å². The van der Waals surface area contributed by atoms with Gasteiger partial charge in [0, 0.05) is 74.8 Å². The van der Waals surface area contributed by atoms with E-state index in [9.17, 15) is 4.79 Å². The van der Waals surface area contributed by atoms with Gasteiger partial charge < -0.3 is 19.1 Å². The van der Waals surface area contributed by atoms with Gasteiger partial charge in [-0.3, -0.25) is 4.79 Å². The van der Waals surface area contributed by atoms with Gasteiger partial charge in [0.2, 0.25) is 5.91 Å². The number of nitrogens with zero attached hydrogens (tertiary/aromatic N) is 4. The second kappa shape index (κ2) is 11.0. The predicted octanol–water partition coefficient (Wildman–Crippen LogP) is 4.84. The van der Waals surface area contributed by atoms with Crippen LogP contribution in [0.1, 0.15) is 30.4 Å². The zero-order chi connectivity index (χ0) is 23.9. The number of carbonyl (C=O) groups excluding carboxylic acids is 1. The summed E-state index contributed by atoms with van der Waals surface area (Å²) in [5, 5.41) is 10.1. The summed E-state index contributed by atoms with van der Waals surface area (Å²) in [6.45, 7) is 2.53. The number of aromatic nitrogens is 1. The van der Waals surface area contributed by atoms with Gasteiger partial charge in [-0.05, 0) is 42.7 Å². The third-order valence-electron chi connectivity index (χ3n) is 6.28. The summed E-state index contributed by atoms with van der Waals surface area (Å²) in [5.41, 5.74) is 4.28. The third kappa shape index (κ3) is 5.67. The lowest BCUT2D eigenvalue weighted by atomic mass is 10.1. The van der Waals surface area contributed by atoms with Crippen molar-refractivity contribution < 1.29 is 9.53 Å². The molecule has 6 heteroatoms. The Labute approximate surface area is 201 Å². The molecule has 1 amide bonds. The van der Waals surface area contributed by atoms with E-state index in [-0.39, 0.29) is 12.0 Å². The van der Waals surface area contributed by atoms with Gasteiger partial charge in [-0.2, -0.15) is 5.26 Å². The van der Waals surface area contributed by atoms with Crippen molar-refractivity contribution in [3.05, 3.63) is 71.9 Å². The molecule has 1 unspecified atom stereocenters. The van der Waals surface area contributed by atoms with Crippen molar-refractivity contribution in [2.24, 2.45) is 0 Å². The maximum Gasteiger partial charge on any atom is 0.246 e. The van der Waals surface area contributed by atoms with Gasteiger partial charge in [0.25, 0.3) is 0 Å². The SMILES string of the molecule is CN(C)c1ccc(CN(CC2CCCO2)C(=O)/C=C/c2cn(CCC#N)c3ccccc23)cc1. The second-order valence-corrected chi connectivity index (χ2v) is 8.95. The Morgan fingerprint density at radius 1 is 1.21 bits per heavy atom. The number of ether oxygens (including phenoxy) is 1. The molecule has 1 saturated heterocycles. The van der Waals surface area contributed by atoms with Gasteiger partial charge in [0.1, 0.15) is 0 Å². The molecule has 1 aliphatic rings. The number of hydrogen-bond acceptors (Lipinski definition) is 4. The Morgan fingerprint density at radius 2 is 2.00 bits per heavy atom. The van der Waals surface area contributed by atoms with E-state index in [4.69, 9.17) is 10.00 Å². The minimum absolute atomic E-state index is 0.0268. The van der Waals surface area contributed by atoms with Crippen LogP contribution in [-0.4, -0.2) is 48.7 Å². The van der Waals surface area contributed by atoms with Crippen molar-refractivity contribution in [1.29, 1.82) is 5.26 Å². The summed E-state index contributed by atoms with van der Waals surface area (Å²) in [6, 6.07) is 18.6. The van der Waals surface area contributed by atoms with Gasteiger partial charge in [-0.25, -0.2) is 0 Å². The molecule has 0 radical (unpaired) electrons. The maximum atomic E-state index is 13.3. The van der Waals surface area contributed by atoms with E-state index in [0.29, 0.717) is 26.1 Å². The van der Waals surface area contributed by atoms with Gasteiger partial charge in [0.15, 0.2) is 0 Å². The number of amides is 1. The van der Waals surface area contributed by atoms with Crippen LogP contribution >= 0.6 is 0 Å². The Balaban J connectivity index is 1.54. The van der Waals surface area contributed by atoms with E-state index in [1.54, 1.807) is 6.08 Å². The molecule has 0 saturated carbocycles. The molecule has 1 aromatic heterocycles. The lowest BCUT2D eigenvalue weighted by Gasteiger charge is -2.25. The highest BCUT2D eigenvalue weighted by molar-refractivity contribution is 5.96. The third-order valence-corrected chi connectivity index (χ3v) is 6.28. The number of hydrogen-bond donors (Lipinski definition) is 0. The van der Waals surface area contributed by atoms with Crippen molar-refractivity contribution in [1.82, 2.24) is 9.47 Å². The van der Waals surface area contributed by atoms with Crippen molar-refractivity contribution in [3.63, 3.8) is 0 Å². The topological polar surface area (TPSA) is 61.5 Å². The fourth-order valence-corrected chi connectivity index (χ4v) is 4.42. The van der Waals surface area contributed by atoms with E-state index in [2.05, 4.69) is 45.9 Å². The van der Waals surface area contributed by atoms with Crippen LogP contribution in [0.25, 0.3) is 17.0 Å². The highest BCUT2D eigenvalue weighted by atomic mass is 16.5. The molecule has 0 bridgehead atoms. The monoisotopic (exact) mass is 456 g/mol. The highest BCUT2D eigenvalue weighted by Crippen LogP contribution is 2.23. The Hall–Kier alpha value is -3.56. The first kappa shape index (κ1) is 23.6. The summed E-state index contributed by atoms with van der Waals surface area (Å²) in [5.74, 6) is -0.0268. The van der Waals surface area contributed by atoms with E-state index in [1.165, 1.54) is 0 Å². The number of carbonyl (C=O) groups is 1. The molecule has 6 nitrogen and oxygen atoms in total.